The molecule has 1 aliphatic carbocycles. The van der Waals surface area contributed by atoms with Crippen LogP contribution in [0.5, 0.6) is 0 Å². The standard InChI is InChI=1S/C12H19N3/c1-3-8(2)12-14-7-9-10(13)5-4-6-11(9)15-12/h7-8,10H,3-6,13H2,1-2H3. The van der Waals surface area contributed by atoms with E-state index < -0.39 is 0 Å². The van der Waals surface area contributed by atoms with Gasteiger partial charge in [0.05, 0.1) is 0 Å². The number of aryl methyl sites for hydroxylation is 1. The summed E-state index contributed by atoms with van der Waals surface area (Å²) in [5.74, 6) is 1.43. The Labute approximate surface area is 91.1 Å². The van der Waals surface area contributed by atoms with Crippen LogP contribution in [0, 0.1) is 0 Å². The lowest BCUT2D eigenvalue weighted by Crippen LogP contribution is -2.20. The minimum absolute atomic E-state index is 0.153. The molecule has 0 spiro atoms. The summed E-state index contributed by atoms with van der Waals surface area (Å²) in [4.78, 5) is 9.07. The quantitative estimate of drug-likeness (QED) is 0.806. The van der Waals surface area contributed by atoms with Crippen LogP contribution in [-0.2, 0) is 6.42 Å². The van der Waals surface area contributed by atoms with Crippen LogP contribution < -0.4 is 5.73 Å². The Morgan fingerprint density at radius 2 is 2.40 bits per heavy atom. The zero-order chi connectivity index (χ0) is 10.8. The van der Waals surface area contributed by atoms with Crippen LogP contribution in [0.25, 0.3) is 0 Å². The molecular weight excluding hydrogens is 186 g/mol. The van der Waals surface area contributed by atoms with E-state index in [1.54, 1.807) is 0 Å². The molecule has 1 aromatic rings. The Hall–Kier alpha value is -0.960. The van der Waals surface area contributed by atoms with Crippen LogP contribution >= 0.6 is 0 Å². The zero-order valence-corrected chi connectivity index (χ0v) is 9.53. The summed E-state index contributed by atoms with van der Waals surface area (Å²) in [6, 6.07) is 0.153. The average molecular weight is 205 g/mol. The van der Waals surface area contributed by atoms with Gasteiger partial charge < -0.3 is 5.73 Å². The maximum Gasteiger partial charge on any atom is 0.131 e. The van der Waals surface area contributed by atoms with Gasteiger partial charge in [-0.05, 0) is 25.7 Å². The van der Waals surface area contributed by atoms with E-state index >= 15 is 0 Å². The van der Waals surface area contributed by atoms with Gasteiger partial charge in [-0.2, -0.15) is 0 Å². The number of hydrogen-bond acceptors (Lipinski definition) is 3. The highest BCUT2D eigenvalue weighted by Crippen LogP contribution is 2.27. The van der Waals surface area contributed by atoms with E-state index in [1.807, 2.05) is 6.20 Å². The molecule has 0 amide bonds. The summed E-state index contributed by atoms with van der Waals surface area (Å²) in [6.07, 6.45) is 6.32. The van der Waals surface area contributed by atoms with E-state index in [9.17, 15) is 0 Å². The summed E-state index contributed by atoms with van der Waals surface area (Å²) >= 11 is 0. The average Bonchev–Trinajstić information content (AvgIpc) is 2.28. The minimum Gasteiger partial charge on any atom is -0.324 e. The predicted molar refractivity (Wildman–Crippen MR) is 60.6 cm³/mol. The van der Waals surface area contributed by atoms with Gasteiger partial charge in [-0.1, -0.05) is 13.8 Å². The Morgan fingerprint density at radius 1 is 1.60 bits per heavy atom. The third-order valence-corrected chi connectivity index (χ3v) is 3.30. The van der Waals surface area contributed by atoms with Gasteiger partial charge in [-0.3, -0.25) is 0 Å². The van der Waals surface area contributed by atoms with E-state index in [1.165, 1.54) is 5.69 Å². The van der Waals surface area contributed by atoms with Crippen molar-refractivity contribution in [2.24, 2.45) is 5.73 Å². The largest absolute Gasteiger partial charge is 0.324 e. The lowest BCUT2D eigenvalue weighted by molar-refractivity contribution is 0.546. The first-order valence-electron chi connectivity index (χ1n) is 5.83. The Balaban J connectivity index is 2.33. The van der Waals surface area contributed by atoms with E-state index in [2.05, 4.69) is 23.8 Å². The van der Waals surface area contributed by atoms with Gasteiger partial charge in [-0.25, -0.2) is 9.97 Å². The lowest BCUT2D eigenvalue weighted by Gasteiger charge is -2.21. The number of rotatable bonds is 2. The first kappa shape index (κ1) is 10.6. The van der Waals surface area contributed by atoms with E-state index in [0.29, 0.717) is 5.92 Å². The molecule has 2 rings (SSSR count). The fourth-order valence-corrected chi connectivity index (χ4v) is 2.02. The van der Waals surface area contributed by atoms with Gasteiger partial charge in [0.15, 0.2) is 0 Å². The number of nitrogens with two attached hydrogens (primary N) is 1. The summed E-state index contributed by atoms with van der Waals surface area (Å²) in [6.45, 7) is 4.34. The van der Waals surface area contributed by atoms with Crippen molar-refractivity contribution in [2.45, 2.75) is 51.5 Å². The molecule has 0 saturated carbocycles. The molecule has 82 valence electrons. The third kappa shape index (κ3) is 2.02. The molecule has 3 nitrogen and oxygen atoms in total. The topological polar surface area (TPSA) is 51.8 Å². The molecule has 0 aromatic carbocycles. The molecule has 0 saturated heterocycles. The van der Waals surface area contributed by atoms with Crippen LogP contribution in [-0.4, -0.2) is 9.97 Å². The van der Waals surface area contributed by atoms with Crippen molar-refractivity contribution in [2.75, 3.05) is 0 Å². The van der Waals surface area contributed by atoms with Crippen LogP contribution in [0.3, 0.4) is 0 Å². The van der Waals surface area contributed by atoms with E-state index in [-0.39, 0.29) is 6.04 Å². The fourth-order valence-electron chi connectivity index (χ4n) is 2.02. The lowest BCUT2D eigenvalue weighted by atomic mass is 9.93. The molecule has 3 heteroatoms. The van der Waals surface area contributed by atoms with Crippen LogP contribution in [0.4, 0.5) is 0 Å². The Morgan fingerprint density at radius 3 is 3.13 bits per heavy atom. The fraction of sp³-hybridized carbons (Fsp3) is 0.667. The van der Waals surface area contributed by atoms with Crippen LogP contribution in [0.15, 0.2) is 6.20 Å². The number of nitrogens with zero attached hydrogens (tertiary/aromatic N) is 2. The second-order valence-electron chi connectivity index (χ2n) is 4.44. The Bertz CT molecular complexity index is 349. The summed E-state index contributed by atoms with van der Waals surface area (Å²) in [5.41, 5.74) is 8.37. The normalized spacial score (nSPS) is 22.2. The van der Waals surface area contributed by atoms with Gasteiger partial charge in [0.2, 0.25) is 0 Å². The second-order valence-corrected chi connectivity index (χ2v) is 4.44. The highest BCUT2D eigenvalue weighted by molar-refractivity contribution is 5.24. The molecule has 0 fully saturated rings. The van der Waals surface area contributed by atoms with E-state index in [0.717, 1.165) is 37.1 Å². The highest BCUT2D eigenvalue weighted by atomic mass is 14.9. The van der Waals surface area contributed by atoms with Crippen molar-refractivity contribution >= 4 is 0 Å². The van der Waals surface area contributed by atoms with Gasteiger partial charge in [-0.15, -0.1) is 0 Å². The minimum atomic E-state index is 0.153. The monoisotopic (exact) mass is 205 g/mol. The Kier molecular flexibility index (Phi) is 3.00. The molecule has 0 bridgehead atoms. The highest BCUT2D eigenvalue weighted by Gasteiger charge is 2.19. The van der Waals surface area contributed by atoms with Crippen LogP contribution in [0.2, 0.25) is 0 Å². The molecular formula is C12H19N3. The molecule has 15 heavy (non-hydrogen) atoms. The number of hydrogen-bond donors (Lipinski definition) is 1. The van der Waals surface area contributed by atoms with Gasteiger partial charge in [0.25, 0.3) is 0 Å². The van der Waals surface area contributed by atoms with E-state index in [4.69, 9.17) is 5.73 Å². The molecule has 0 radical (unpaired) electrons. The third-order valence-electron chi connectivity index (χ3n) is 3.30. The first-order chi connectivity index (χ1) is 7.22. The van der Waals surface area contributed by atoms with Crippen LogP contribution in [0.1, 0.15) is 62.2 Å². The molecule has 1 heterocycles. The number of fused-ring (bicyclic) bond motifs is 1. The maximum absolute atomic E-state index is 6.03. The molecule has 2 unspecified atom stereocenters. The molecule has 2 N–H and O–H groups in total. The molecule has 1 aromatic heterocycles. The van der Waals surface area contributed by atoms with Crippen molar-refractivity contribution in [1.29, 1.82) is 0 Å². The zero-order valence-electron chi connectivity index (χ0n) is 9.53. The first-order valence-corrected chi connectivity index (χ1v) is 5.83. The smallest absolute Gasteiger partial charge is 0.131 e. The van der Waals surface area contributed by atoms with Crippen molar-refractivity contribution in [1.82, 2.24) is 9.97 Å². The molecule has 1 aliphatic rings. The van der Waals surface area contributed by atoms with Crippen molar-refractivity contribution in [3.05, 3.63) is 23.3 Å². The van der Waals surface area contributed by atoms with Crippen molar-refractivity contribution in [3.8, 4) is 0 Å². The van der Waals surface area contributed by atoms with Crippen molar-refractivity contribution < 1.29 is 0 Å². The molecule has 0 aliphatic heterocycles. The second kappa shape index (κ2) is 4.27. The predicted octanol–water partition coefficient (Wildman–Crippen LogP) is 2.33. The van der Waals surface area contributed by atoms with Gasteiger partial charge in [0.1, 0.15) is 5.82 Å². The molecule has 2 atom stereocenters. The summed E-state index contributed by atoms with van der Waals surface area (Å²) in [5, 5.41) is 0. The van der Waals surface area contributed by atoms with Gasteiger partial charge >= 0.3 is 0 Å². The number of aromatic nitrogens is 2. The maximum atomic E-state index is 6.03. The summed E-state index contributed by atoms with van der Waals surface area (Å²) < 4.78 is 0. The van der Waals surface area contributed by atoms with Gasteiger partial charge in [0, 0.05) is 29.4 Å². The van der Waals surface area contributed by atoms with Crippen molar-refractivity contribution in [3.63, 3.8) is 0 Å². The SMILES string of the molecule is CCC(C)c1ncc2c(n1)CCCC2N. The summed E-state index contributed by atoms with van der Waals surface area (Å²) in [7, 11) is 0.